The lowest BCUT2D eigenvalue weighted by atomic mass is 9.99. The second kappa shape index (κ2) is 6.42. The second-order valence-electron chi connectivity index (χ2n) is 4.65. The van der Waals surface area contributed by atoms with Crippen molar-refractivity contribution >= 4 is 5.91 Å². The van der Waals surface area contributed by atoms with Gasteiger partial charge in [0.05, 0.1) is 11.6 Å². The van der Waals surface area contributed by atoms with Crippen molar-refractivity contribution in [2.75, 3.05) is 13.6 Å². The van der Waals surface area contributed by atoms with Gasteiger partial charge in [-0.2, -0.15) is 18.4 Å². The van der Waals surface area contributed by atoms with Crippen molar-refractivity contribution in [1.82, 2.24) is 4.90 Å². The number of alkyl halides is 3. The molecule has 0 heterocycles. The van der Waals surface area contributed by atoms with Crippen LogP contribution in [-0.4, -0.2) is 24.4 Å². The van der Waals surface area contributed by atoms with E-state index in [1.807, 2.05) is 6.07 Å². The first kappa shape index (κ1) is 16.0. The molecule has 0 spiro atoms. The number of carbonyl (C=O) groups is 1. The Morgan fingerprint density at radius 2 is 1.90 bits per heavy atom. The van der Waals surface area contributed by atoms with Crippen molar-refractivity contribution in [2.45, 2.75) is 19.5 Å². The lowest BCUT2D eigenvalue weighted by Gasteiger charge is -2.18. The van der Waals surface area contributed by atoms with Gasteiger partial charge in [0.1, 0.15) is 6.54 Å². The van der Waals surface area contributed by atoms with Gasteiger partial charge in [-0.1, -0.05) is 19.1 Å². The Kier molecular flexibility index (Phi) is 5.14. The lowest BCUT2D eigenvalue weighted by Crippen LogP contribution is -2.32. The van der Waals surface area contributed by atoms with Gasteiger partial charge in [0, 0.05) is 13.0 Å². The third-order valence-electron chi connectivity index (χ3n) is 2.93. The van der Waals surface area contributed by atoms with E-state index in [0.29, 0.717) is 12.0 Å². The van der Waals surface area contributed by atoms with Crippen LogP contribution in [0.3, 0.4) is 0 Å². The molecule has 1 atom stereocenters. The highest BCUT2D eigenvalue weighted by atomic mass is 19.4. The molecule has 0 aliphatic carbocycles. The van der Waals surface area contributed by atoms with Crippen molar-refractivity contribution in [3.8, 4) is 6.07 Å². The van der Waals surface area contributed by atoms with E-state index in [-0.39, 0.29) is 18.4 Å². The molecule has 1 aromatic carbocycles. The number of hydrogen-bond donors (Lipinski definition) is 0. The average molecular weight is 284 g/mol. The highest BCUT2D eigenvalue weighted by Gasteiger charge is 2.30. The molecule has 1 rings (SSSR count). The molecule has 6 heteroatoms. The van der Waals surface area contributed by atoms with Crippen molar-refractivity contribution < 1.29 is 18.0 Å². The van der Waals surface area contributed by atoms with Crippen LogP contribution in [0, 0.1) is 17.2 Å². The Morgan fingerprint density at radius 3 is 2.35 bits per heavy atom. The molecule has 0 N–H and O–H groups in total. The number of benzene rings is 1. The molecule has 0 fully saturated rings. The van der Waals surface area contributed by atoms with E-state index in [0.717, 1.165) is 12.1 Å². The van der Waals surface area contributed by atoms with Gasteiger partial charge in [0.25, 0.3) is 0 Å². The summed E-state index contributed by atoms with van der Waals surface area (Å²) in [5, 5.41) is 8.51. The molecule has 1 amide bonds. The fourth-order valence-corrected chi connectivity index (χ4v) is 1.83. The summed E-state index contributed by atoms with van der Waals surface area (Å²) in [5.41, 5.74) is -0.0500. The zero-order valence-corrected chi connectivity index (χ0v) is 11.2. The van der Waals surface area contributed by atoms with Crippen LogP contribution in [0.2, 0.25) is 0 Å². The molecule has 0 saturated heterocycles. The van der Waals surface area contributed by atoms with Gasteiger partial charge in [0.15, 0.2) is 0 Å². The SMILES string of the molecule is C[C@@H](Cc1ccc(C(F)(F)F)cc1)C(=O)N(C)CC#N. The van der Waals surface area contributed by atoms with Crippen LogP contribution >= 0.6 is 0 Å². The Bertz CT molecular complexity index is 503. The first-order valence-corrected chi connectivity index (χ1v) is 6.03. The summed E-state index contributed by atoms with van der Waals surface area (Å²) >= 11 is 0. The standard InChI is InChI=1S/C14H15F3N2O/c1-10(13(20)19(2)8-7-18)9-11-3-5-12(6-4-11)14(15,16)17/h3-6,10H,8-9H2,1-2H3/t10-/m0/s1. The van der Waals surface area contributed by atoms with Crippen LogP contribution in [0.15, 0.2) is 24.3 Å². The third kappa shape index (κ3) is 4.26. The van der Waals surface area contributed by atoms with Crippen LogP contribution in [0.4, 0.5) is 13.2 Å². The van der Waals surface area contributed by atoms with Gasteiger partial charge in [-0.05, 0) is 24.1 Å². The maximum Gasteiger partial charge on any atom is 0.416 e. The van der Waals surface area contributed by atoms with Crippen LogP contribution < -0.4 is 0 Å². The molecule has 0 saturated carbocycles. The molecule has 0 radical (unpaired) electrons. The monoisotopic (exact) mass is 284 g/mol. The number of halogens is 3. The first-order valence-electron chi connectivity index (χ1n) is 6.03. The highest BCUT2D eigenvalue weighted by molar-refractivity contribution is 5.78. The topological polar surface area (TPSA) is 44.1 Å². The Morgan fingerprint density at radius 1 is 1.35 bits per heavy atom. The number of rotatable bonds is 4. The van der Waals surface area contributed by atoms with E-state index in [2.05, 4.69) is 0 Å². The molecule has 0 aliphatic heterocycles. The molecule has 0 unspecified atom stereocenters. The molecule has 0 aliphatic rings. The number of amides is 1. The van der Waals surface area contributed by atoms with E-state index in [9.17, 15) is 18.0 Å². The molecule has 1 aromatic rings. The zero-order valence-electron chi connectivity index (χ0n) is 11.2. The highest BCUT2D eigenvalue weighted by Crippen LogP contribution is 2.29. The average Bonchev–Trinajstić information content (AvgIpc) is 2.37. The fraction of sp³-hybridized carbons (Fsp3) is 0.429. The first-order chi connectivity index (χ1) is 9.25. The summed E-state index contributed by atoms with van der Waals surface area (Å²) in [6.07, 6.45) is -4.01. The molecule has 108 valence electrons. The summed E-state index contributed by atoms with van der Waals surface area (Å²) < 4.78 is 37.2. The molecule has 0 aromatic heterocycles. The van der Waals surface area contributed by atoms with Gasteiger partial charge in [-0.25, -0.2) is 0 Å². The third-order valence-corrected chi connectivity index (χ3v) is 2.93. The van der Waals surface area contributed by atoms with E-state index >= 15 is 0 Å². The number of nitriles is 1. The molecule has 0 bridgehead atoms. The molecule has 20 heavy (non-hydrogen) atoms. The Hall–Kier alpha value is -2.03. The van der Waals surface area contributed by atoms with Crippen LogP contribution in [0.5, 0.6) is 0 Å². The van der Waals surface area contributed by atoms with Gasteiger partial charge in [-0.15, -0.1) is 0 Å². The maximum absolute atomic E-state index is 12.4. The molecule has 3 nitrogen and oxygen atoms in total. The number of nitrogens with zero attached hydrogens (tertiary/aromatic N) is 2. The largest absolute Gasteiger partial charge is 0.416 e. The van der Waals surface area contributed by atoms with E-state index in [4.69, 9.17) is 5.26 Å². The van der Waals surface area contributed by atoms with E-state index in [1.165, 1.54) is 24.1 Å². The predicted molar refractivity (Wildman–Crippen MR) is 67.6 cm³/mol. The van der Waals surface area contributed by atoms with Crippen molar-refractivity contribution in [3.05, 3.63) is 35.4 Å². The lowest BCUT2D eigenvalue weighted by molar-refractivity contribution is -0.137. The molecular weight excluding hydrogens is 269 g/mol. The maximum atomic E-state index is 12.4. The molecular formula is C14H15F3N2O. The van der Waals surface area contributed by atoms with Gasteiger partial charge >= 0.3 is 6.18 Å². The van der Waals surface area contributed by atoms with E-state index in [1.54, 1.807) is 6.92 Å². The number of hydrogen-bond acceptors (Lipinski definition) is 2. The summed E-state index contributed by atoms with van der Waals surface area (Å²) in [4.78, 5) is 13.2. The normalized spacial score (nSPS) is 12.6. The smallest absolute Gasteiger partial charge is 0.332 e. The summed E-state index contributed by atoms with van der Waals surface area (Å²) in [7, 11) is 1.52. The van der Waals surface area contributed by atoms with E-state index < -0.39 is 11.7 Å². The predicted octanol–water partition coefficient (Wildman–Crippen LogP) is 2.87. The zero-order chi connectivity index (χ0) is 15.3. The summed E-state index contributed by atoms with van der Waals surface area (Å²) in [6.45, 7) is 1.68. The second-order valence-corrected chi connectivity index (χ2v) is 4.65. The van der Waals surface area contributed by atoms with Crippen LogP contribution in [0.1, 0.15) is 18.1 Å². The van der Waals surface area contributed by atoms with Gasteiger partial charge in [0.2, 0.25) is 5.91 Å². The summed E-state index contributed by atoms with van der Waals surface area (Å²) in [5.74, 6) is -0.587. The van der Waals surface area contributed by atoms with Crippen molar-refractivity contribution in [2.24, 2.45) is 5.92 Å². The quantitative estimate of drug-likeness (QED) is 0.798. The minimum Gasteiger partial charge on any atom is -0.332 e. The minimum absolute atomic E-state index is 0.00378. The van der Waals surface area contributed by atoms with Crippen LogP contribution in [-0.2, 0) is 17.4 Å². The Balaban J connectivity index is 2.70. The summed E-state index contributed by atoms with van der Waals surface area (Å²) in [6, 6.07) is 6.63. The van der Waals surface area contributed by atoms with Crippen molar-refractivity contribution in [1.29, 1.82) is 5.26 Å². The fourth-order valence-electron chi connectivity index (χ4n) is 1.83. The minimum atomic E-state index is -4.35. The Labute approximate surface area is 115 Å². The van der Waals surface area contributed by atoms with Gasteiger partial charge in [-0.3, -0.25) is 4.79 Å². The number of carbonyl (C=O) groups excluding carboxylic acids is 1. The van der Waals surface area contributed by atoms with Crippen LogP contribution in [0.25, 0.3) is 0 Å². The van der Waals surface area contributed by atoms with Gasteiger partial charge < -0.3 is 4.90 Å². The van der Waals surface area contributed by atoms with Crippen molar-refractivity contribution in [3.63, 3.8) is 0 Å².